The molecular weight excluding hydrogens is 275 g/mol. The lowest BCUT2D eigenvalue weighted by Crippen LogP contribution is -2.51. The third-order valence-corrected chi connectivity index (χ3v) is 2.32. The highest BCUT2D eigenvalue weighted by Crippen LogP contribution is 2.28. The fourth-order valence-electron chi connectivity index (χ4n) is 1.39. The summed E-state index contributed by atoms with van der Waals surface area (Å²) in [6.45, 7) is 6.21. The van der Waals surface area contributed by atoms with E-state index in [2.05, 4.69) is 5.10 Å². The van der Waals surface area contributed by atoms with Gasteiger partial charge in [0.25, 0.3) is 0 Å². The van der Waals surface area contributed by atoms with Crippen LogP contribution in [0.2, 0.25) is 0 Å². The van der Waals surface area contributed by atoms with Crippen molar-refractivity contribution in [2.75, 3.05) is 0 Å². The molecule has 20 heavy (non-hydrogen) atoms. The molecule has 8 heteroatoms. The van der Waals surface area contributed by atoms with E-state index in [4.69, 9.17) is 10.5 Å². The maximum absolute atomic E-state index is 12.4. The molecule has 0 saturated heterocycles. The molecule has 0 bridgehead atoms. The lowest BCUT2D eigenvalue weighted by atomic mass is 10.0. The summed E-state index contributed by atoms with van der Waals surface area (Å²) in [4.78, 5) is 11.9. The number of hydrogen-bond acceptors (Lipinski definition) is 4. The predicted molar refractivity (Wildman–Crippen MR) is 65.7 cm³/mol. The SMILES string of the molecule is CC(C)(C)OC(=O)C(C)(N)Cn1cc(C(F)(F)F)cn1. The van der Waals surface area contributed by atoms with Crippen molar-refractivity contribution in [1.29, 1.82) is 0 Å². The summed E-state index contributed by atoms with van der Waals surface area (Å²) in [5.74, 6) is -0.700. The predicted octanol–water partition coefficient (Wildman–Crippen LogP) is 1.96. The molecule has 0 aliphatic heterocycles. The van der Waals surface area contributed by atoms with Crippen molar-refractivity contribution in [3.05, 3.63) is 18.0 Å². The Kier molecular flexibility index (Phi) is 4.19. The van der Waals surface area contributed by atoms with Crippen LogP contribution in [0, 0.1) is 0 Å². The number of esters is 1. The van der Waals surface area contributed by atoms with Crippen LogP contribution >= 0.6 is 0 Å². The molecule has 0 spiro atoms. The number of nitrogens with zero attached hydrogens (tertiary/aromatic N) is 2. The third kappa shape index (κ3) is 4.52. The van der Waals surface area contributed by atoms with E-state index in [1.165, 1.54) is 6.92 Å². The molecule has 1 atom stereocenters. The first-order valence-corrected chi connectivity index (χ1v) is 5.93. The summed E-state index contributed by atoms with van der Waals surface area (Å²) in [5.41, 5.74) is 2.72. The van der Waals surface area contributed by atoms with E-state index in [1.807, 2.05) is 0 Å². The second-order valence-corrected chi connectivity index (χ2v) is 5.84. The fourth-order valence-corrected chi connectivity index (χ4v) is 1.39. The number of rotatable bonds is 3. The van der Waals surface area contributed by atoms with E-state index in [1.54, 1.807) is 20.8 Å². The molecule has 0 fully saturated rings. The summed E-state index contributed by atoms with van der Waals surface area (Å²) >= 11 is 0. The van der Waals surface area contributed by atoms with Gasteiger partial charge in [-0.3, -0.25) is 4.68 Å². The molecule has 0 amide bonds. The molecule has 2 N–H and O–H groups in total. The molecule has 1 aromatic rings. The molecule has 0 aromatic carbocycles. The minimum atomic E-state index is -4.48. The molecule has 114 valence electrons. The van der Waals surface area contributed by atoms with Gasteiger partial charge in [0.05, 0.1) is 18.3 Å². The summed E-state index contributed by atoms with van der Waals surface area (Å²) in [6.07, 6.45) is -2.99. The van der Waals surface area contributed by atoms with Gasteiger partial charge >= 0.3 is 12.1 Å². The maximum Gasteiger partial charge on any atom is 0.419 e. The van der Waals surface area contributed by atoms with Gasteiger partial charge in [0.1, 0.15) is 11.1 Å². The van der Waals surface area contributed by atoms with E-state index in [9.17, 15) is 18.0 Å². The van der Waals surface area contributed by atoms with Gasteiger partial charge in [-0.25, -0.2) is 4.79 Å². The molecule has 5 nitrogen and oxygen atoms in total. The monoisotopic (exact) mass is 293 g/mol. The molecule has 0 saturated carbocycles. The summed E-state index contributed by atoms with van der Waals surface area (Å²) in [7, 11) is 0. The number of hydrogen-bond donors (Lipinski definition) is 1. The van der Waals surface area contributed by atoms with E-state index < -0.39 is 28.8 Å². The van der Waals surface area contributed by atoms with Crippen molar-refractivity contribution in [3.63, 3.8) is 0 Å². The van der Waals surface area contributed by atoms with Crippen LogP contribution in [0.4, 0.5) is 13.2 Å². The van der Waals surface area contributed by atoms with Crippen LogP contribution < -0.4 is 5.73 Å². The van der Waals surface area contributed by atoms with Crippen molar-refractivity contribution in [1.82, 2.24) is 9.78 Å². The van der Waals surface area contributed by atoms with Crippen LogP contribution in [0.15, 0.2) is 12.4 Å². The summed E-state index contributed by atoms with van der Waals surface area (Å²) in [5, 5.41) is 3.56. The Balaban J connectivity index is 2.81. The standard InChI is InChI=1S/C12H18F3N3O2/c1-10(2,3)20-9(19)11(4,16)7-18-6-8(5-17-18)12(13,14)15/h5-6H,7,16H2,1-4H3. The van der Waals surface area contributed by atoms with Crippen molar-refractivity contribution in [2.24, 2.45) is 5.73 Å². The summed E-state index contributed by atoms with van der Waals surface area (Å²) in [6, 6.07) is 0. The lowest BCUT2D eigenvalue weighted by molar-refractivity contribution is -0.161. The molecule has 0 aliphatic carbocycles. The second-order valence-electron chi connectivity index (χ2n) is 5.84. The Hall–Kier alpha value is -1.57. The van der Waals surface area contributed by atoms with Gasteiger partial charge in [-0.2, -0.15) is 18.3 Å². The number of aromatic nitrogens is 2. The van der Waals surface area contributed by atoms with Crippen LogP contribution in [0.25, 0.3) is 0 Å². The molecule has 0 aliphatic rings. The van der Waals surface area contributed by atoms with E-state index >= 15 is 0 Å². The first-order valence-electron chi connectivity index (χ1n) is 5.93. The van der Waals surface area contributed by atoms with Crippen LogP contribution in [0.5, 0.6) is 0 Å². The molecule has 1 aromatic heterocycles. The van der Waals surface area contributed by atoms with Crippen LogP contribution in [-0.4, -0.2) is 26.9 Å². The number of ether oxygens (including phenoxy) is 1. The van der Waals surface area contributed by atoms with E-state index in [0.29, 0.717) is 6.20 Å². The number of nitrogens with two attached hydrogens (primary N) is 1. The molecule has 1 heterocycles. The fraction of sp³-hybridized carbons (Fsp3) is 0.667. The minimum Gasteiger partial charge on any atom is -0.459 e. The van der Waals surface area contributed by atoms with Gasteiger partial charge in [0.15, 0.2) is 0 Å². The smallest absolute Gasteiger partial charge is 0.419 e. The zero-order valence-corrected chi connectivity index (χ0v) is 11.8. The van der Waals surface area contributed by atoms with Crippen molar-refractivity contribution < 1.29 is 22.7 Å². The Morgan fingerprint density at radius 3 is 2.30 bits per heavy atom. The van der Waals surface area contributed by atoms with Gasteiger partial charge in [-0.15, -0.1) is 0 Å². The van der Waals surface area contributed by atoms with E-state index in [-0.39, 0.29) is 6.54 Å². The van der Waals surface area contributed by atoms with Gasteiger partial charge in [0, 0.05) is 6.20 Å². The van der Waals surface area contributed by atoms with Gasteiger partial charge < -0.3 is 10.5 Å². The highest BCUT2D eigenvalue weighted by atomic mass is 19.4. The zero-order valence-electron chi connectivity index (χ0n) is 11.8. The zero-order chi connectivity index (χ0) is 15.8. The average Bonchev–Trinajstić information content (AvgIpc) is 2.61. The second kappa shape index (κ2) is 5.08. The Morgan fingerprint density at radius 1 is 1.35 bits per heavy atom. The highest BCUT2D eigenvalue weighted by Gasteiger charge is 2.36. The first kappa shape index (κ1) is 16.5. The first-order chi connectivity index (χ1) is 8.81. The number of carbonyl (C=O) groups is 1. The van der Waals surface area contributed by atoms with E-state index in [0.717, 1.165) is 10.9 Å². The van der Waals surface area contributed by atoms with Crippen molar-refractivity contribution in [3.8, 4) is 0 Å². The van der Waals surface area contributed by atoms with Crippen LogP contribution in [0.1, 0.15) is 33.3 Å². The van der Waals surface area contributed by atoms with Crippen molar-refractivity contribution >= 4 is 5.97 Å². The molecular formula is C12H18F3N3O2. The lowest BCUT2D eigenvalue weighted by Gasteiger charge is -2.28. The largest absolute Gasteiger partial charge is 0.459 e. The van der Waals surface area contributed by atoms with Gasteiger partial charge in [-0.1, -0.05) is 0 Å². The van der Waals surface area contributed by atoms with Crippen LogP contribution in [0.3, 0.4) is 0 Å². The third-order valence-electron chi connectivity index (χ3n) is 2.32. The van der Waals surface area contributed by atoms with Gasteiger partial charge in [0.2, 0.25) is 0 Å². The Labute approximate surface area is 114 Å². The quantitative estimate of drug-likeness (QED) is 0.865. The number of halogens is 3. The minimum absolute atomic E-state index is 0.210. The van der Waals surface area contributed by atoms with Gasteiger partial charge in [-0.05, 0) is 27.7 Å². The van der Waals surface area contributed by atoms with Crippen LogP contribution in [-0.2, 0) is 22.3 Å². The maximum atomic E-state index is 12.4. The number of carbonyl (C=O) groups excluding carboxylic acids is 1. The number of alkyl halides is 3. The summed E-state index contributed by atoms with van der Waals surface area (Å²) < 4.78 is 43.4. The normalized spacial score (nSPS) is 15.8. The van der Waals surface area contributed by atoms with Crippen molar-refractivity contribution in [2.45, 2.75) is 51.6 Å². The topological polar surface area (TPSA) is 70.1 Å². The molecule has 1 unspecified atom stereocenters. The molecule has 1 rings (SSSR count). The Morgan fingerprint density at radius 2 is 1.90 bits per heavy atom. The highest BCUT2D eigenvalue weighted by molar-refractivity contribution is 5.80. The average molecular weight is 293 g/mol. The molecule has 0 radical (unpaired) electrons. The Bertz CT molecular complexity index is 487.